The third kappa shape index (κ3) is 3.43. The number of aliphatic imine (C=N–C) groups is 1. The Labute approximate surface area is 154 Å². The van der Waals surface area contributed by atoms with E-state index < -0.39 is 0 Å². The van der Waals surface area contributed by atoms with Gasteiger partial charge in [-0.1, -0.05) is 65.4 Å². The van der Waals surface area contributed by atoms with E-state index in [0.717, 1.165) is 5.56 Å². The molecule has 1 heterocycles. The van der Waals surface area contributed by atoms with Crippen molar-refractivity contribution >= 4 is 47.1 Å². The first-order chi connectivity index (χ1) is 11.6. The predicted octanol–water partition coefficient (Wildman–Crippen LogP) is 6.00. The summed E-state index contributed by atoms with van der Waals surface area (Å²) in [5.74, 6) is 0.122. The lowest BCUT2D eigenvalue weighted by Crippen LogP contribution is -2.06. The van der Waals surface area contributed by atoms with Gasteiger partial charge in [0.05, 0.1) is 23.0 Å². The third-order valence-electron chi connectivity index (χ3n) is 3.69. The number of aromatic hydroxyl groups is 1. The van der Waals surface area contributed by atoms with E-state index in [0.29, 0.717) is 19.5 Å². The molecule has 6 heteroatoms. The Balaban J connectivity index is 1.96. The zero-order valence-corrected chi connectivity index (χ0v) is 15.3. The molecule has 1 N–H and O–H groups in total. The van der Waals surface area contributed by atoms with Gasteiger partial charge in [-0.3, -0.25) is 9.56 Å². The molecular weight excluding hydrogens is 360 g/mol. The van der Waals surface area contributed by atoms with Gasteiger partial charge in [0.1, 0.15) is 4.88 Å². The molecule has 0 spiro atoms. The largest absolute Gasteiger partial charge is 0.493 e. The number of hydrogen-bond donors (Lipinski definition) is 1. The van der Waals surface area contributed by atoms with E-state index in [-0.39, 0.29) is 11.9 Å². The van der Waals surface area contributed by atoms with E-state index >= 15 is 0 Å². The van der Waals surface area contributed by atoms with Crippen LogP contribution < -0.4 is 0 Å². The molecule has 1 atom stereocenters. The van der Waals surface area contributed by atoms with Gasteiger partial charge in [0.2, 0.25) is 5.88 Å². The number of aromatic nitrogens is 1. The molecule has 2 aromatic carbocycles. The molecule has 0 bridgehead atoms. The van der Waals surface area contributed by atoms with Crippen molar-refractivity contribution in [3.8, 4) is 5.88 Å². The Morgan fingerprint density at radius 1 is 1.17 bits per heavy atom. The summed E-state index contributed by atoms with van der Waals surface area (Å²) >= 11 is 12.9. The van der Waals surface area contributed by atoms with Gasteiger partial charge in [-0.25, -0.2) is 0 Å². The molecule has 0 unspecified atom stereocenters. The van der Waals surface area contributed by atoms with Crippen LogP contribution in [0.2, 0.25) is 5.02 Å². The maximum Gasteiger partial charge on any atom is 0.212 e. The summed E-state index contributed by atoms with van der Waals surface area (Å²) in [4.78, 5) is 4.97. The molecule has 1 aromatic heterocycles. The van der Waals surface area contributed by atoms with Gasteiger partial charge in [0.15, 0.2) is 3.95 Å². The second-order valence-electron chi connectivity index (χ2n) is 5.22. The van der Waals surface area contributed by atoms with Crippen LogP contribution in [-0.4, -0.2) is 15.9 Å². The fourth-order valence-electron chi connectivity index (χ4n) is 2.38. The maximum absolute atomic E-state index is 10.6. The first-order valence-electron chi connectivity index (χ1n) is 7.35. The van der Waals surface area contributed by atoms with Crippen molar-refractivity contribution < 1.29 is 5.11 Å². The summed E-state index contributed by atoms with van der Waals surface area (Å²) in [7, 11) is 0. The number of nitrogens with zero attached hydrogens (tertiary/aromatic N) is 2. The molecule has 0 saturated carbocycles. The summed E-state index contributed by atoms with van der Waals surface area (Å²) in [6, 6.07) is 17.2. The lowest BCUT2D eigenvalue weighted by molar-refractivity contribution is 0.405. The minimum Gasteiger partial charge on any atom is -0.493 e. The Morgan fingerprint density at radius 2 is 1.83 bits per heavy atom. The van der Waals surface area contributed by atoms with E-state index in [1.54, 1.807) is 16.8 Å². The van der Waals surface area contributed by atoms with Crippen molar-refractivity contribution in [2.24, 2.45) is 4.99 Å². The van der Waals surface area contributed by atoms with E-state index in [9.17, 15) is 5.11 Å². The first kappa shape index (κ1) is 16.9. The van der Waals surface area contributed by atoms with Gasteiger partial charge >= 0.3 is 0 Å². The second-order valence-corrected chi connectivity index (χ2v) is 7.31. The third-order valence-corrected chi connectivity index (χ3v) is 5.33. The molecule has 0 aliphatic carbocycles. The first-order valence-corrected chi connectivity index (χ1v) is 8.96. The van der Waals surface area contributed by atoms with Crippen LogP contribution in [0.15, 0.2) is 59.6 Å². The van der Waals surface area contributed by atoms with Crippen molar-refractivity contribution in [1.29, 1.82) is 0 Å². The number of thiazole rings is 1. The standard InChI is InChI=1S/C18H15ClN2OS2/c1-12(13-7-3-2-4-8-13)21-17(22)16(24-18(21)23)11-20-15-10-6-5-9-14(15)19/h2-12,22H,1H3/t12-/m0/s1. The Morgan fingerprint density at radius 3 is 2.54 bits per heavy atom. The van der Waals surface area contributed by atoms with Crippen molar-refractivity contribution in [3.63, 3.8) is 0 Å². The maximum atomic E-state index is 10.6. The molecule has 122 valence electrons. The molecule has 0 aliphatic heterocycles. The summed E-state index contributed by atoms with van der Waals surface area (Å²) in [5, 5.41) is 11.1. The van der Waals surface area contributed by atoms with Gasteiger partial charge in [-0.05, 0) is 36.8 Å². The van der Waals surface area contributed by atoms with Crippen LogP contribution in [0.4, 0.5) is 5.69 Å². The van der Waals surface area contributed by atoms with E-state index in [4.69, 9.17) is 23.8 Å². The lowest BCUT2D eigenvalue weighted by atomic mass is 10.1. The van der Waals surface area contributed by atoms with Gasteiger partial charge in [-0.2, -0.15) is 0 Å². The monoisotopic (exact) mass is 374 g/mol. The predicted molar refractivity (Wildman–Crippen MR) is 104 cm³/mol. The average molecular weight is 375 g/mol. The zero-order chi connectivity index (χ0) is 17.1. The molecular formula is C18H15ClN2OS2. The highest BCUT2D eigenvalue weighted by Gasteiger charge is 2.17. The fourth-order valence-corrected chi connectivity index (χ4v) is 3.91. The number of halogens is 1. The van der Waals surface area contributed by atoms with E-state index in [1.165, 1.54) is 11.3 Å². The summed E-state index contributed by atoms with van der Waals surface area (Å²) < 4.78 is 2.34. The molecule has 0 fully saturated rings. The van der Waals surface area contributed by atoms with Crippen LogP contribution in [0.1, 0.15) is 23.4 Å². The molecule has 0 saturated heterocycles. The molecule has 3 rings (SSSR count). The number of rotatable bonds is 4. The average Bonchev–Trinajstić information content (AvgIpc) is 2.88. The topological polar surface area (TPSA) is 37.5 Å². The summed E-state index contributed by atoms with van der Waals surface area (Å²) in [6.45, 7) is 2.01. The normalized spacial score (nSPS) is 12.6. The molecule has 0 amide bonds. The van der Waals surface area contributed by atoms with E-state index in [2.05, 4.69) is 4.99 Å². The SMILES string of the molecule is C[C@@H](c1ccccc1)n1c(O)c(C=Nc2ccccc2Cl)sc1=S. The smallest absolute Gasteiger partial charge is 0.212 e. The van der Waals surface area contributed by atoms with Crippen molar-refractivity contribution in [2.45, 2.75) is 13.0 Å². The fraction of sp³-hybridized carbons (Fsp3) is 0.111. The Bertz CT molecular complexity index is 932. The van der Waals surface area contributed by atoms with Crippen molar-refractivity contribution in [3.05, 3.63) is 74.0 Å². The Hall–Kier alpha value is -1.95. The minimum absolute atomic E-state index is 0.0580. The molecule has 24 heavy (non-hydrogen) atoms. The van der Waals surface area contributed by atoms with Gasteiger partial charge in [0, 0.05) is 0 Å². The molecule has 3 aromatic rings. The highest BCUT2D eigenvalue weighted by Crippen LogP contribution is 2.32. The molecule has 3 nitrogen and oxygen atoms in total. The number of hydrogen-bond acceptors (Lipinski definition) is 4. The summed E-state index contributed by atoms with van der Waals surface area (Å²) in [6.07, 6.45) is 1.60. The minimum atomic E-state index is -0.0580. The molecule has 0 radical (unpaired) electrons. The lowest BCUT2D eigenvalue weighted by Gasteiger charge is -2.14. The van der Waals surface area contributed by atoms with Gasteiger partial charge in [-0.15, -0.1) is 0 Å². The highest BCUT2D eigenvalue weighted by atomic mass is 35.5. The zero-order valence-electron chi connectivity index (χ0n) is 12.9. The second kappa shape index (κ2) is 7.30. The van der Waals surface area contributed by atoms with E-state index in [1.807, 2.05) is 55.5 Å². The van der Waals surface area contributed by atoms with Crippen LogP contribution in [0, 0.1) is 3.95 Å². The van der Waals surface area contributed by atoms with Crippen LogP contribution in [-0.2, 0) is 0 Å². The van der Waals surface area contributed by atoms with Gasteiger partial charge < -0.3 is 5.11 Å². The quantitative estimate of drug-likeness (QED) is 0.449. The van der Waals surface area contributed by atoms with Crippen LogP contribution >= 0.6 is 35.2 Å². The van der Waals surface area contributed by atoms with Crippen LogP contribution in [0.3, 0.4) is 0 Å². The van der Waals surface area contributed by atoms with Crippen molar-refractivity contribution in [1.82, 2.24) is 4.57 Å². The van der Waals surface area contributed by atoms with Gasteiger partial charge in [0.25, 0.3) is 0 Å². The number of benzene rings is 2. The van der Waals surface area contributed by atoms with Crippen LogP contribution in [0.5, 0.6) is 5.88 Å². The Kier molecular flexibility index (Phi) is 5.14. The molecule has 0 aliphatic rings. The summed E-state index contributed by atoms with van der Waals surface area (Å²) in [5.41, 5.74) is 1.73. The van der Waals surface area contributed by atoms with Crippen LogP contribution in [0.25, 0.3) is 0 Å². The van der Waals surface area contributed by atoms with Crippen molar-refractivity contribution in [2.75, 3.05) is 0 Å². The number of para-hydroxylation sites is 1. The highest BCUT2D eigenvalue weighted by molar-refractivity contribution is 7.73.